The van der Waals surface area contributed by atoms with Crippen LogP contribution in [0.2, 0.25) is 0 Å². The van der Waals surface area contributed by atoms with E-state index in [4.69, 9.17) is 4.74 Å². The summed E-state index contributed by atoms with van der Waals surface area (Å²) < 4.78 is 4.72. The van der Waals surface area contributed by atoms with Crippen LogP contribution in [0.5, 0.6) is 0 Å². The molecule has 0 amide bonds. The van der Waals surface area contributed by atoms with Crippen molar-refractivity contribution in [1.29, 1.82) is 0 Å². The van der Waals surface area contributed by atoms with Gasteiger partial charge >= 0.3 is 5.97 Å². The minimum Gasteiger partial charge on any atom is -0.465 e. The third kappa shape index (κ3) is 3.39. The zero-order valence-corrected chi connectivity index (χ0v) is 12.3. The molecular weight excluding hydrogens is 248 g/mol. The number of benzene rings is 2. The molecule has 0 aromatic heterocycles. The quantitative estimate of drug-likeness (QED) is 0.575. The minimum absolute atomic E-state index is 0.0102. The molecule has 0 aliphatic carbocycles. The fourth-order valence-corrected chi connectivity index (χ4v) is 1.83. The number of ether oxygens (including phenoxy) is 1. The van der Waals surface area contributed by atoms with Gasteiger partial charge in [0.25, 0.3) is 0 Å². The third-order valence-electron chi connectivity index (χ3n) is 2.84. The van der Waals surface area contributed by atoms with Gasteiger partial charge in [0.2, 0.25) is 0 Å². The highest BCUT2D eigenvalue weighted by Gasteiger charge is 2.06. The van der Waals surface area contributed by atoms with Gasteiger partial charge in [-0.15, -0.1) is 0 Å². The van der Waals surface area contributed by atoms with E-state index in [-0.39, 0.29) is 11.4 Å². The number of hydrogen-bond acceptors (Lipinski definition) is 2. The van der Waals surface area contributed by atoms with Crippen LogP contribution in [-0.4, -0.2) is 13.1 Å². The normalized spacial score (nSPS) is 10.8. The average molecular weight is 266 g/mol. The van der Waals surface area contributed by atoms with Crippen LogP contribution in [0.15, 0.2) is 36.4 Å². The summed E-state index contributed by atoms with van der Waals surface area (Å²) in [6.07, 6.45) is 0. The number of rotatable bonds is 1. The lowest BCUT2D eigenvalue weighted by atomic mass is 9.97. The largest absolute Gasteiger partial charge is 0.465 e. The van der Waals surface area contributed by atoms with Crippen LogP contribution in [-0.2, 0) is 4.74 Å². The van der Waals surface area contributed by atoms with Crippen LogP contribution in [0.1, 0.15) is 36.7 Å². The lowest BCUT2D eigenvalue weighted by Gasteiger charge is -2.07. The first-order valence-corrected chi connectivity index (χ1v) is 6.54. The van der Waals surface area contributed by atoms with Crippen LogP contribution in [0, 0.1) is 17.3 Å². The topological polar surface area (TPSA) is 26.3 Å². The first-order chi connectivity index (χ1) is 9.39. The second-order valence-corrected chi connectivity index (χ2v) is 5.77. The van der Waals surface area contributed by atoms with Gasteiger partial charge in [0.1, 0.15) is 0 Å². The van der Waals surface area contributed by atoms with Crippen molar-refractivity contribution in [3.8, 4) is 11.8 Å². The van der Waals surface area contributed by atoms with E-state index in [0.717, 1.165) is 16.3 Å². The molecule has 0 spiro atoms. The van der Waals surface area contributed by atoms with Crippen LogP contribution < -0.4 is 0 Å². The Morgan fingerprint density at radius 1 is 1.05 bits per heavy atom. The number of methoxy groups -OCH3 is 1. The summed E-state index contributed by atoms with van der Waals surface area (Å²) in [7, 11) is 1.39. The molecule has 102 valence electrons. The third-order valence-corrected chi connectivity index (χ3v) is 2.84. The van der Waals surface area contributed by atoms with E-state index in [1.54, 1.807) is 6.07 Å². The molecular formula is C18H18O2. The predicted molar refractivity (Wildman–Crippen MR) is 81.6 cm³/mol. The number of carbonyl (C=O) groups excluding carboxylic acids is 1. The minimum atomic E-state index is -0.316. The molecule has 0 saturated heterocycles. The average Bonchev–Trinajstić information content (AvgIpc) is 2.42. The fourth-order valence-electron chi connectivity index (χ4n) is 1.83. The Hall–Kier alpha value is -2.27. The van der Waals surface area contributed by atoms with Gasteiger partial charge in [-0.3, -0.25) is 0 Å². The van der Waals surface area contributed by atoms with Crippen molar-refractivity contribution in [3.05, 3.63) is 47.5 Å². The highest BCUT2D eigenvalue weighted by molar-refractivity contribution is 5.95. The van der Waals surface area contributed by atoms with Crippen molar-refractivity contribution in [2.24, 2.45) is 5.41 Å². The Kier molecular flexibility index (Phi) is 3.81. The molecule has 2 aromatic rings. The molecule has 20 heavy (non-hydrogen) atoms. The van der Waals surface area contributed by atoms with Crippen molar-refractivity contribution >= 4 is 16.7 Å². The van der Waals surface area contributed by atoms with E-state index in [2.05, 4.69) is 32.6 Å². The molecule has 0 saturated carbocycles. The number of carbonyl (C=O) groups is 1. The van der Waals surface area contributed by atoms with E-state index < -0.39 is 0 Å². The van der Waals surface area contributed by atoms with Crippen molar-refractivity contribution in [2.75, 3.05) is 7.11 Å². The number of fused-ring (bicyclic) bond motifs is 1. The van der Waals surface area contributed by atoms with Crippen molar-refractivity contribution in [3.63, 3.8) is 0 Å². The smallest absolute Gasteiger partial charge is 0.337 e. The van der Waals surface area contributed by atoms with Gasteiger partial charge in [0.05, 0.1) is 12.7 Å². The molecule has 0 radical (unpaired) electrons. The summed E-state index contributed by atoms with van der Waals surface area (Å²) in [4.78, 5) is 11.5. The molecule has 2 rings (SSSR count). The molecule has 2 aromatic carbocycles. The highest BCUT2D eigenvalue weighted by atomic mass is 16.5. The number of esters is 1. The zero-order chi connectivity index (χ0) is 14.8. The van der Waals surface area contributed by atoms with Gasteiger partial charge in [0.15, 0.2) is 0 Å². The van der Waals surface area contributed by atoms with Crippen LogP contribution in [0.25, 0.3) is 10.8 Å². The summed E-state index contributed by atoms with van der Waals surface area (Å²) in [6.45, 7) is 6.26. The lowest BCUT2D eigenvalue weighted by Crippen LogP contribution is -2.00. The molecule has 0 aliphatic rings. The Morgan fingerprint density at radius 2 is 1.70 bits per heavy atom. The fraction of sp³-hybridized carbons (Fsp3) is 0.278. The number of hydrogen-bond donors (Lipinski definition) is 0. The molecule has 0 atom stereocenters. The first kappa shape index (κ1) is 14.1. The van der Waals surface area contributed by atoms with E-state index >= 15 is 0 Å². The van der Waals surface area contributed by atoms with Crippen LogP contribution >= 0.6 is 0 Å². The van der Waals surface area contributed by atoms with Gasteiger partial charge in [-0.2, -0.15) is 0 Å². The lowest BCUT2D eigenvalue weighted by molar-refractivity contribution is 0.0601. The molecule has 0 N–H and O–H groups in total. The van der Waals surface area contributed by atoms with Crippen molar-refractivity contribution in [1.82, 2.24) is 0 Å². The maximum atomic E-state index is 11.5. The summed E-state index contributed by atoms with van der Waals surface area (Å²) >= 11 is 0. The summed E-state index contributed by atoms with van der Waals surface area (Å²) in [6, 6.07) is 11.5. The predicted octanol–water partition coefficient (Wildman–Crippen LogP) is 4.02. The molecule has 2 nitrogen and oxygen atoms in total. The van der Waals surface area contributed by atoms with Crippen LogP contribution in [0.4, 0.5) is 0 Å². The first-order valence-electron chi connectivity index (χ1n) is 6.54. The van der Waals surface area contributed by atoms with Crippen molar-refractivity contribution < 1.29 is 9.53 Å². The zero-order valence-electron chi connectivity index (χ0n) is 12.3. The molecule has 0 heterocycles. The Balaban J connectivity index is 2.41. The molecule has 2 heteroatoms. The highest BCUT2D eigenvalue weighted by Crippen LogP contribution is 2.19. The van der Waals surface area contributed by atoms with Gasteiger partial charge in [0, 0.05) is 11.0 Å². The summed E-state index contributed by atoms with van der Waals surface area (Å²) in [5, 5.41) is 2.08. The molecule has 0 unspecified atom stereocenters. The van der Waals surface area contributed by atoms with Gasteiger partial charge in [-0.1, -0.05) is 24.0 Å². The Morgan fingerprint density at radius 3 is 2.35 bits per heavy atom. The van der Waals surface area contributed by atoms with Gasteiger partial charge < -0.3 is 4.74 Å². The second kappa shape index (κ2) is 5.38. The van der Waals surface area contributed by atoms with Crippen molar-refractivity contribution in [2.45, 2.75) is 20.8 Å². The Labute approximate surface area is 119 Å². The van der Waals surface area contributed by atoms with Gasteiger partial charge in [-0.25, -0.2) is 4.79 Å². The molecule has 0 aliphatic heterocycles. The monoisotopic (exact) mass is 266 g/mol. The van der Waals surface area contributed by atoms with E-state index in [1.165, 1.54) is 7.11 Å². The second-order valence-electron chi connectivity index (χ2n) is 5.77. The van der Waals surface area contributed by atoms with E-state index in [0.29, 0.717) is 5.56 Å². The SMILES string of the molecule is COC(=O)c1ccc2cc(C#CC(C)(C)C)ccc2c1. The molecule has 0 fully saturated rings. The maximum absolute atomic E-state index is 11.5. The standard InChI is InChI=1S/C18H18O2/c1-18(2,3)10-9-13-5-6-15-12-16(17(19)20-4)8-7-14(15)11-13/h5-8,11-12H,1-4H3. The van der Waals surface area contributed by atoms with Crippen LogP contribution in [0.3, 0.4) is 0 Å². The Bertz CT molecular complexity index is 710. The maximum Gasteiger partial charge on any atom is 0.337 e. The summed E-state index contributed by atoms with van der Waals surface area (Å²) in [5.74, 6) is 6.08. The van der Waals surface area contributed by atoms with Gasteiger partial charge in [-0.05, 0) is 55.8 Å². The molecule has 0 bridgehead atoms. The van der Waals surface area contributed by atoms with E-state index in [9.17, 15) is 4.79 Å². The van der Waals surface area contributed by atoms with E-state index in [1.807, 2.05) is 30.3 Å². The summed E-state index contributed by atoms with van der Waals surface area (Å²) in [5.41, 5.74) is 1.54.